The fourth-order valence-electron chi connectivity index (χ4n) is 1.14. The van der Waals surface area contributed by atoms with E-state index in [4.69, 9.17) is 0 Å². The molecule has 8 heavy (non-hydrogen) atoms. The zero-order valence-electron chi connectivity index (χ0n) is 5.36. The first-order valence-corrected chi connectivity index (χ1v) is 4.56. The number of hydrogen-bond acceptors (Lipinski definition) is 0. The molecule has 0 amide bonds. The molecule has 0 radical (unpaired) electrons. The van der Waals surface area contributed by atoms with Crippen molar-refractivity contribution in [3.05, 3.63) is 0 Å². The van der Waals surface area contributed by atoms with Crippen LogP contribution < -0.4 is 0 Å². The van der Waals surface area contributed by atoms with Crippen LogP contribution in [-0.4, -0.2) is 5.33 Å². The summed E-state index contributed by atoms with van der Waals surface area (Å²) in [7, 11) is 0. The average Bonchev–Trinajstić information content (AvgIpc) is 2.53. The second kappa shape index (κ2) is 2.86. The Labute approximate surface area is 59.8 Å². The van der Waals surface area contributed by atoms with Gasteiger partial charge in [-0.3, -0.25) is 0 Å². The lowest BCUT2D eigenvalue weighted by Crippen LogP contribution is -2.01. The zero-order valence-corrected chi connectivity index (χ0v) is 6.95. The first kappa shape index (κ1) is 6.60. The lowest BCUT2D eigenvalue weighted by atomic mass is 10.0. The molecule has 1 unspecified atom stereocenters. The van der Waals surface area contributed by atoms with Crippen molar-refractivity contribution in [2.75, 3.05) is 5.33 Å². The van der Waals surface area contributed by atoms with Crippen LogP contribution in [-0.2, 0) is 0 Å². The van der Waals surface area contributed by atoms with Crippen LogP contribution in [0.5, 0.6) is 0 Å². The maximum atomic E-state index is 3.52. The van der Waals surface area contributed by atoms with Gasteiger partial charge in [0, 0.05) is 5.33 Å². The van der Waals surface area contributed by atoms with E-state index >= 15 is 0 Å². The van der Waals surface area contributed by atoms with E-state index in [0.29, 0.717) is 0 Å². The maximum Gasteiger partial charge on any atom is 0.00622 e. The Hall–Kier alpha value is 0.480. The highest BCUT2D eigenvalue weighted by molar-refractivity contribution is 9.09. The third kappa shape index (κ3) is 1.48. The molecule has 1 heteroatoms. The predicted molar refractivity (Wildman–Crippen MR) is 40.3 cm³/mol. The second-order valence-electron chi connectivity index (χ2n) is 2.66. The predicted octanol–water partition coefficient (Wildman–Crippen LogP) is 2.82. The largest absolute Gasteiger partial charge is 0.0925 e. The van der Waals surface area contributed by atoms with E-state index in [-0.39, 0.29) is 0 Å². The molecular weight excluding hydrogens is 164 g/mol. The molecule has 1 aliphatic carbocycles. The van der Waals surface area contributed by atoms with Crippen LogP contribution >= 0.6 is 15.9 Å². The van der Waals surface area contributed by atoms with Crippen LogP contribution in [0.25, 0.3) is 0 Å². The molecule has 1 atom stereocenters. The average molecular weight is 177 g/mol. The fraction of sp³-hybridized carbons (Fsp3) is 1.00. The van der Waals surface area contributed by atoms with Crippen LogP contribution in [0.3, 0.4) is 0 Å². The van der Waals surface area contributed by atoms with Gasteiger partial charge in [0.05, 0.1) is 0 Å². The van der Waals surface area contributed by atoms with Gasteiger partial charge in [0.25, 0.3) is 0 Å². The number of hydrogen-bond donors (Lipinski definition) is 0. The SMILES string of the molecule is CCC(CBr)C1CC1. The van der Waals surface area contributed by atoms with Gasteiger partial charge in [-0.2, -0.15) is 0 Å². The molecule has 0 aromatic carbocycles. The van der Waals surface area contributed by atoms with E-state index < -0.39 is 0 Å². The Balaban J connectivity index is 2.15. The lowest BCUT2D eigenvalue weighted by molar-refractivity contribution is 0.505. The van der Waals surface area contributed by atoms with Crippen LogP contribution in [0.15, 0.2) is 0 Å². The van der Waals surface area contributed by atoms with Gasteiger partial charge in [-0.15, -0.1) is 0 Å². The lowest BCUT2D eigenvalue weighted by Gasteiger charge is -2.06. The molecule has 0 N–H and O–H groups in total. The fourth-order valence-corrected chi connectivity index (χ4v) is 2.12. The van der Waals surface area contributed by atoms with E-state index in [1.54, 1.807) is 0 Å². The maximum absolute atomic E-state index is 3.52. The summed E-state index contributed by atoms with van der Waals surface area (Å²) < 4.78 is 0. The van der Waals surface area contributed by atoms with Crippen molar-refractivity contribution >= 4 is 15.9 Å². The Morgan fingerprint density at radius 3 is 2.38 bits per heavy atom. The Bertz CT molecular complexity index is 62.8. The van der Waals surface area contributed by atoms with Crippen LogP contribution in [0, 0.1) is 11.8 Å². The van der Waals surface area contributed by atoms with Crippen molar-refractivity contribution in [3.63, 3.8) is 0 Å². The van der Waals surface area contributed by atoms with Crippen molar-refractivity contribution in [2.45, 2.75) is 26.2 Å². The molecule has 0 bridgehead atoms. The smallest absolute Gasteiger partial charge is 0.00622 e. The summed E-state index contributed by atoms with van der Waals surface area (Å²) in [5, 5.41) is 1.22. The van der Waals surface area contributed by atoms with Gasteiger partial charge in [-0.05, 0) is 24.7 Å². The van der Waals surface area contributed by atoms with Crippen molar-refractivity contribution in [1.82, 2.24) is 0 Å². The molecule has 0 aromatic heterocycles. The molecule has 1 aliphatic rings. The van der Waals surface area contributed by atoms with Crippen molar-refractivity contribution in [2.24, 2.45) is 11.8 Å². The Kier molecular flexibility index (Phi) is 2.36. The van der Waals surface area contributed by atoms with Crippen molar-refractivity contribution in [1.29, 1.82) is 0 Å². The summed E-state index contributed by atoms with van der Waals surface area (Å²) in [6.45, 7) is 2.28. The normalized spacial score (nSPS) is 23.2. The minimum Gasteiger partial charge on any atom is -0.0925 e. The van der Waals surface area contributed by atoms with E-state index in [0.717, 1.165) is 11.8 Å². The third-order valence-electron chi connectivity index (χ3n) is 2.01. The van der Waals surface area contributed by atoms with Gasteiger partial charge in [0.2, 0.25) is 0 Å². The summed E-state index contributed by atoms with van der Waals surface area (Å²) in [5.74, 6) is 2.06. The van der Waals surface area contributed by atoms with Gasteiger partial charge in [0.15, 0.2) is 0 Å². The summed E-state index contributed by atoms with van der Waals surface area (Å²) in [4.78, 5) is 0. The molecule has 0 spiro atoms. The van der Waals surface area contributed by atoms with E-state index in [9.17, 15) is 0 Å². The van der Waals surface area contributed by atoms with Gasteiger partial charge in [0.1, 0.15) is 0 Å². The van der Waals surface area contributed by atoms with Crippen molar-refractivity contribution in [3.8, 4) is 0 Å². The quantitative estimate of drug-likeness (QED) is 0.581. The van der Waals surface area contributed by atoms with Crippen molar-refractivity contribution < 1.29 is 0 Å². The van der Waals surface area contributed by atoms with Crippen LogP contribution in [0.1, 0.15) is 26.2 Å². The summed E-state index contributed by atoms with van der Waals surface area (Å²) in [6.07, 6.45) is 4.34. The standard InChI is InChI=1S/C7H13Br/c1-2-6(5-8)7-3-4-7/h6-7H,2-5H2,1H3. The molecule has 0 saturated heterocycles. The number of rotatable bonds is 3. The van der Waals surface area contributed by atoms with E-state index in [1.807, 2.05) is 0 Å². The molecule has 0 heterocycles. The highest BCUT2D eigenvalue weighted by Crippen LogP contribution is 2.38. The van der Waals surface area contributed by atoms with Gasteiger partial charge in [-0.25, -0.2) is 0 Å². The number of halogens is 1. The zero-order chi connectivity index (χ0) is 5.98. The third-order valence-corrected chi connectivity index (χ3v) is 2.84. The Morgan fingerprint density at radius 1 is 1.62 bits per heavy atom. The van der Waals surface area contributed by atoms with E-state index in [2.05, 4.69) is 22.9 Å². The molecule has 0 aliphatic heterocycles. The van der Waals surface area contributed by atoms with Crippen LogP contribution in [0.4, 0.5) is 0 Å². The first-order chi connectivity index (χ1) is 3.88. The minimum absolute atomic E-state index is 0.981. The highest BCUT2D eigenvalue weighted by Gasteiger charge is 2.28. The topological polar surface area (TPSA) is 0 Å². The van der Waals surface area contributed by atoms with Gasteiger partial charge < -0.3 is 0 Å². The van der Waals surface area contributed by atoms with Gasteiger partial charge >= 0.3 is 0 Å². The summed E-state index contributed by atoms with van der Waals surface area (Å²) >= 11 is 3.52. The first-order valence-electron chi connectivity index (χ1n) is 3.44. The monoisotopic (exact) mass is 176 g/mol. The molecule has 0 nitrogen and oxygen atoms in total. The van der Waals surface area contributed by atoms with Crippen LogP contribution in [0.2, 0.25) is 0 Å². The summed E-state index contributed by atoms with van der Waals surface area (Å²) in [5.41, 5.74) is 0. The molecule has 1 rings (SSSR count). The van der Waals surface area contributed by atoms with E-state index in [1.165, 1.54) is 24.6 Å². The Morgan fingerprint density at radius 2 is 2.25 bits per heavy atom. The van der Waals surface area contributed by atoms with Gasteiger partial charge in [-0.1, -0.05) is 29.3 Å². The molecule has 1 fully saturated rings. The minimum atomic E-state index is 0.981. The molecule has 0 aromatic rings. The molecular formula is C7H13Br. The molecule has 48 valence electrons. The highest BCUT2D eigenvalue weighted by atomic mass is 79.9. The molecule has 1 saturated carbocycles. The number of alkyl halides is 1. The summed E-state index contributed by atoms with van der Waals surface area (Å²) in [6, 6.07) is 0. The second-order valence-corrected chi connectivity index (χ2v) is 3.31.